The summed E-state index contributed by atoms with van der Waals surface area (Å²) >= 11 is 1.48. The smallest absolute Gasteiger partial charge is 0.246 e. The molecule has 1 aliphatic rings. The van der Waals surface area contributed by atoms with Gasteiger partial charge in [0.05, 0.1) is 11.6 Å². The molecule has 1 aromatic rings. The highest BCUT2D eigenvalue weighted by Gasteiger charge is 2.18. The lowest BCUT2D eigenvalue weighted by Gasteiger charge is -1.98. The standard InChI is InChI=1S/C9H9NO2S/c1-6-10-7(5-13-6)9(11)8-3-2-4-12-8/h3,5H,2,4H2,1H3. The van der Waals surface area contributed by atoms with Gasteiger partial charge in [0, 0.05) is 11.8 Å². The van der Waals surface area contributed by atoms with Crippen molar-refractivity contribution in [3.8, 4) is 0 Å². The van der Waals surface area contributed by atoms with Crippen molar-refractivity contribution in [2.45, 2.75) is 13.3 Å². The fraction of sp³-hybridized carbons (Fsp3) is 0.333. The summed E-state index contributed by atoms with van der Waals surface area (Å²) < 4.78 is 5.15. The molecule has 0 atom stereocenters. The molecule has 2 heterocycles. The monoisotopic (exact) mass is 195 g/mol. The maximum absolute atomic E-state index is 11.6. The zero-order valence-electron chi connectivity index (χ0n) is 7.24. The van der Waals surface area contributed by atoms with Gasteiger partial charge in [-0.25, -0.2) is 4.98 Å². The summed E-state index contributed by atoms with van der Waals surface area (Å²) in [4.78, 5) is 15.7. The molecule has 0 spiro atoms. The maximum Gasteiger partial charge on any atom is 0.246 e. The normalized spacial score (nSPS) is 15.3. The van der Waals surface area contributed by atoms with Crippen LogP contribution in [0.25, 0.3) is 0 Å². The van der Waals surface area contributed by atoms with E-state index in [1.165, 1.54) is 11.3 Å². The number of rotatable bonds is 2. The van der Waals surface area contributed by atoms with Crippen molar-refractivity contribution in [3.05, 3.63) is 27.9 Å². The van der Waals surface area contributed by atoms with Gasteiger partial charge >= 0.3 is 0 Å². The summed E-state index contributed by atoms with van der Waals surface area (Å²) in [6.07, 6.45) is 2.64. The largest absolute Gasteiger partial charge is 0.489 e. The molecule has 3 nitrogen and oxygen atoms in total. The Hall–Kier alpha value is -1.16. The average Bonchev–Trinajstić information content (AvgIpc) is 2.72. The van der Waals surface area contributed by atoms with Crippen LogP contribution >= 0.6 is 11.3 Å². The van der Waals surface area contributed by atoms with Gasteiger partial charge in [-0.1, -0.05) is 0 Å². The highest BCUT2D eigenvalue weighted by molar-refractivity contribution is 7.09. The second kappa shape index (κ2) is 3.30. The molecule has 0 N–H and O–H groups in total. The van der Waals surface area contributed by atoms with Crippen LogP contribution < -0.4 is 0 Å². The van der Waals surface area contributed by atoms with Crippen LogP contribution in [0.2, 0.25) is 0 Å². The van der Waals surface area contributed by atoms with Gasteiger partial charge in [-0.05, 0) is 13.0 Å². The van der Waals surface area contributed by atoms with E-state index in [-0.39, 0.29) is 5.78 Å². The fourth-order valence-corrected chi connectivity index (χ4v) is 1.76. The number of ether oxygens (including phenoxy) is 1. The van der Waals surface area contributed by atoms with Crippen LogP contribution in [0.4, 0.5) is 0 Å². The number of aromatic nitrogens is 1. The second-order valence-corrected chi connectivity index (χ2v) is 3.85. The molecule has 0 saturated heterocycles. The molecule has 68 valence electrons. The molecule has 0 bridgehead atoms. The number of Topliss-reactive ketones (excluding diaryl/α,β-unsaturated/α-hetero) is 1. The van der Waals surface area contributed by atoms with Crippen LogP contribution in [0.3, 0.4) is 0 Å². The third-order valence-electron chi connectivity index (χ3n) is 1.78. The lowest BCUT2D eigenvalue weighted by atomic mass is 10.2. The zero-order valence-corrected chi connectivity index (χ0v) is 8.06. The highest BCUT2D eigenvalue weighted by Crippen LogP contribution is 2.17. The van der Waals surface area contributed by atoms with Crippen molar-refractivity contribution in [2.75, 3.05) is 6.61 Å². The van der Waals surface area contributed by atoms with E-state index in [0.717, 1.165) is 11.4 Å². The number of carbonyl (C=O) groups excluding carboxylic acids is 1. The van der Waals surface area contributed by atoms with Gasteiger partial charge in [-0.3, -0.25) is 4.79 Å². The van der Waals surface area contributed by atoms with E-state index in [0.29, 0.717) is 18.1 Å². The summed E-state index contributed by atoms with van der Waals surface area (Å²) in [5.74, 6) is 0.354. The number of allylic oxidation sites excluding steroid dienone is 1. The molecule has 0 aromatic carbocycles. The number of aryl methyl sites for hydroxylation is 1. The number of ketones is 1. The first-order valence-electron chi connectivity index (χ1n) is 4.07. The van der Waals surface area contributed by atoms with E-state index in [1.54, 1.807) is 5.38 Å². The number of hydrogen-bond acceptors (Lipinski definition) is 4. The molecular weight excluding hydrogens is 186 g/mol. The minimum atomic E-state index is -0.0955. The molecule has 4 heteroatoms. The van der Waals surface area contributed by atoms with Crippen molar-refractivity contribution >= 4 is 17.1 Å². The third kappa shape index (κ3) is 1.62. The molecule has 0 amide bonds. The Bertz CT molecular complexity index is 367. The first-order valence-corrected chi connectivity index (χ1v) is 4.95. The van der Waals surface area contributed by atoms with Crippen LogP contribution in [0.15, 0.2) is 17.2 Å². The van der Waals surface area contributed by atoms with E-state index in [1.807, 2.05) is 13.0 Å². The lowest BCUT2D eigenvalue weighted by Crippen LogP contribution is -2.04. The van der Waals surface area contributed by atoms with Crippen LogP contribution in [-0.2, 0) is 4.74 Å². The van der Waals surface area contributed by atoms with Gasteiger partial charge in [0.15, 0.2) is 5.76 Å². The molecule has 2 rings (SSSR count). The molecular formula is C9H9NO2S. The fourth-order valence-electron chi connectivity index (χ4n) is 1.17. The van der Waals surface area contributed by atoms with Gasteiger partial charge in [0.1, 0.15) is 5.69 Å². The molecule has 1 aliphatic heterocycles. The first kappa shape index (κ1) is 8.44. The lowest BCUT2D eigenvalue weighted by molar-refractivity contribution is 0.0938. The van der Waals surface area contributed by atoms with Crippen LogP contribution in [0.1, 0.15) is 21.9 Å². The Balaban J connectivity index is 2.22. The minimum absolute atomic E-state index is 0.0955. The summed E-state index contributed by atoms with van der Waals surface area (Å²) in [6.45, 7) is 2.50. The Morgan fingerprint density at radius 1 is 1.69 bits per heavy atom. The SMILES string of the molecule is Cc1nc(C(=O)C2=CCCO2)cs1. The van der Waals surface area contributed by atoms with Crippen LogP contribution in [0, 0.1) is 6.92 Å². The topological polar surface area (TPSA) is 39.2 Å². The van der Waals surface area contributed by atoms with Gasteiger partial charge in [0.2, 0.25) is 5.78 Å². The minimum Gasteiger partial charge on any atom is -0.489 e. The van der Waals surface area contributed by atoms with Crippen molar-refractivity contribution in [1.29, 1.82) is 0 Å². The van der Waals surface area contributed by atoms with E-state index < -0.39 is 0 Å². The van der Waals surface area contributed by atoms with Crippen LogP contribution in [-0.4, -0.2) is 17.4 Å². The first-order chi connectivity index (χ1) is 6.27. The van der Waals surface area contributed by atoms with Gasteiger partial charge in [0.25, 0.3) is 0 Å². The second-order valence-electron chi connectivity index (χ2n) is 2.79. The molecule has 0 aliphatic carbocycles. The summed E-state index contributed by atoms with van der Waals surface area (Å²) in [5, 5.41) is 2.67. The summed E-state index contributed by atoms with van der Waals surface area (Å²) in [7, 11) is 0. The van der Waals surface area contributed by atoms with Gasteiger partial charge in [-0.15, -0.1) is 11.3 Å². The van der Waals surface area contributed by atoms with Crippen molar-refractivity contribution < 1.29 is 9.53 Å². The Kier molecular flexibility index (Phi) is 2.14. The van der Waals surface area contributed by atoms with Crippen molar-refractivity contribution in [2.24, 2.45) is 0 Å². The molecule has 1 aromatic heterocycles. The predicted molar refractivity (Wildman–Crippen MR) is 49.8 cm³/mol. The van der Waals surface area contributed by atoms with E-state index in [4.69, 9.17) is 4.74 Å². The van der Waals surface area contributed by atoms with E-state index in [9.17, 15) is 4.79 Å². The van der Waals surface area contributed by atoms with E-state index >= 15 is 0 Å². The Morgan fingerprint density at radius 2 is 2.54 bits per heavy atom. The molecule has 13 heavy (non-hydrogen) atoms. The quantitative estimate of drug-likeness (QED) is 0.677. The number of thiazole rings is 1. The third-order valence-corrected chi connectivity index (χ3v) is 2.55. The Morgan fingerprint density at radius 3 is 3.08 bits per heavy atom. The maximum atomic E-state index is 11.6. The number of hydrogen-bond donors (Lipinski definition) is 0. The highest BCUT2D eigenvalue weighted by atomic mass is 32.1. The molecule has 0 fully saturated rings. The zero-order chi connectivity index (χ0) is 9.26. The van der Waals surface area contributed by atoms with Crippen molar-refractivity contribution in [3.63, 3.8) is 0 Å². The average molecular weight is 195 g/mol. The Labute approximate surface area is 80.1 Å². The van der Waals surface area contributed by atoms with E-state index in [2.05, 4.69) is 4.98 Å². The number of carbonyl (C=O) groups is 1. The molecule has 0 radical (unpaired) electrons. The van der Waals surface area contributed by atoms with Gasteiger partial charge in [-0.2, -0.15) is 0 Å². The van der Waals surface area contributed by atoms with Gasteiger partial charge < -0.3 is 4.74 Å². The predicted octanol–water partition coefficient (Wildman–Crippen LogP) is 1.94. The summed E-state index contributed by atoms with van der Waals surface area (Å²) in [6, 6.07) is 0. The van der Waals surface area contributed by atoms with Crippen molar-refractivity contribution in [1.82, 2.24) is 4.98 Å². The number of nitrogens with zero attached hydrogens (tertiary/aromatic N) is 1. The summed E-state index contributed by atoms with van der Waals surface area (Å²) in [5.41, 5.74) is 0.496. The molecule has 0 unspecified atom stereocenters. The van der Waals surface area contributed by atoms with Crippen LogP contribution in [0.5, 0.6) is 0 Å². The molecule has 0 saturated carbocycles.